The van der Waals surface area contributed by atoms with Crippen molar-refractivity contribution in [2.45, 2.75) is 39.2 Å². The molecule has 0 atom stereocenters. The van der Waals surface area contributed by atoms with Gasteiger partial charge in [-0.2, -0.15) is 0 Å². The third-order valence-corrected chi connectivity index (χ3v) is 4.63. The number of esters is 1. The van der Waals surface area contributed by atoms with E-state index in [4.69, 9.17) is 9.47 Å². The van der Waals surface area contributed by atoms with Gasteiger partial charge in [-0.05, 0) is 50.5 Å². The molecule has 1 aliphatic carbocycles. The van der Waals surface area contributed by atoms with Crippen LogP contribution in [0.4, 0.5) is 4.39 Å². The van der Waals surface area contributed by atoms with Crippen molar-refractivity contribution in [3.8, 4) is 5.75 Å². The maximum Gasteiger partial charge on any atom is 0.310 e. The Morgan fingerprint density at radius 1 is 1.23 bits per heavy atom. The van der Waals surface area contributed by atoms with E-state index in [0.717, 1.165) is 24.2 Å². The standard InChI is InChI=1S/C20H22FNO4/c1-12-8-16(13(2)22(12)15-5-6-15)18(23)11-26-20(24)10-14-4-7-19(25-3)17(21)9-14/h4,7-9,15H,5-6,10-11H2,1-3H3. The highest BCUT2D eigenvalue weighted by atomic mass is 19.1. The van der Waals surface area contributed by atoms with Crippen LogP contribution in [0.2, 0.25) is 0 Å². The second kappa shape index (κ2) is 7.32. The lowest BCUT2D eigenvalue weighted by molar-refractivity contribution is -0.141. The summed E-state index contributed by atoms with van der Waals surface area (Å²) in [4.78, 5) is 24.4. The first-order valence-corrected chi connectivity index (χ1v) is 8.60. The third kappa shape index (κ3) is 3.79. The molecule has 0 aliphatic heterocycles. The van der Waals surface area contributed by atoms with E-state index >= 15 is 0 Å². The largest absolute Gasteiger partial charge is 0.494 e. The molecule has 0 N–H and O–H groups in total. The molecule has 0 unspecified atom stereocenters. The molecular weight excluding hydrogens is 337 g/mol. The number of ketones is 1. The lowest BCUT2D eigenvalue weighted by atomic mass is 10.1. The number of carbonyl (C=O) groups is 2. The molecule has 26 heavy (non-hydrogen) atoms. The molecule has 5 nitrogen and oxygen atoms in total. The topological polar surface area (TPSA) is 57.5 Å². The smallest absolute Gasteiger partial charge is 0.310 e. The van der Waals surface area contributed by atoms with E-state index in [9.17, 15) is 14.0 Å². The monoisotopic (exact) mass is 359 g/mol. The summed E-state index contributed by atoms with van der Waals surface area (Å²) < 4.78 is 25.8. The van der Waals surface area contributed by atoms with Crippen LogP contribution in [0.3, 0.4) is 0 Å². The number of benzene rings is 1. The second-order valence-corrected chi connectivity index (χ2v) is 6.62. The fourth-order valence-electron chi connectivity index (χ4n) is 3.22. The van der Waals surface area contributed by atoms with E-state index < -0.39 is 11.8 Å². The molecule has 2 aromatic rings. The maximum absolute atomic E-state index is 13.7. The molecule has 6 heteroatoms. The highest BCUT2D eigenvalue weighted by molar-refractivity contribution is 5.99. The van der Waals surface area contributed by atoms with Crippen LogP contribution >= 0.6 is 0 Å². The maximum atomic E-state index is 13.7. The predicted molar refractivity (Wildman–Crippen MR) is 94.1 cm³/mol. The van der Waals surface area contributed by atoms with E-state index in [-0.39, 0.29) is 24.6 Å². The highest BCUT2D eigenvalue weighted by Gasteiger charge is 2.28. The summed E-state index contributed by atoms with van der Waals surface area (Å²) in [5.74, 6) is -1.22. The van der Waals surface area contributed by atoms with Gasteiger partial charge in [0.15, 0.2) is 18.2 Å². The molecule has 1 aromatic heterocycles. The van der Waals surface area contributed by atoms with Gasteiger partial charge in [-0.25, -0.2) is 4.39 Å². The summed E-state index contributed by atoms with van der Waals surface area (Å²) in [6.07, 6.45) is 2.17. The quantitative estimate of drug-likeness (QED) is 0.560. The van der Waals surface area contributed by atoms with Crippen LogP contribution in [0, 0.1) is 19.7 Å². The molecule has 1 aliphatic rings. The number of hydrogen-bond acceptors (Lipinski definition) is 4. The van der Waals surface area contributed by atoms with Crippen LogP contribution in [0.15, 0.2) is 24.3 Å². The first-order chi connectivity index (χ1) is 12.4. The zero-order valence-electron chi connectivity index (χ0n) is 15.2. The Hall–Kier alpha value is -2.63. The lowest BCUT2D eigenvalue weighted by Gasteiger charge is -2.08. The van der Waals surface area contributed by atoms with Gasteiger partial charge in [-0.15, -0.1) is 0 Å². The Balaban J connectivity index is 1.58. The van der Waals surface area contributed by atoms with Gasteiger partial charge in [0.05, 0.1) is 13.5 Å². The summed E-state index contributed by atoms with van der Waals surface area (Å²) in [5, 5.41) is 0. The number of Topliss-reactive ketones (excluding diaryl/α,β-unsaturated/α-hetero) is 1. The molecule has 0 radical (unpaired) electrons. The van der Waals surface area contributed by atoms with Crippen molar-refractivity contribution >= 4 is 11.8 Å². The van der Waals surface area contributed by atoms with E-state index in [1.54, 1.807) is 6.07 Å². The molecule has 0 bridgehead atoms. The number of aryl methyl sites for hydroxylation is 1. The van der Waals surface area contributed by atoms with Crippen molar-refractivity contribution in [2.24, 2.45) is 0 Å². The van der Waals surface area contributed by atoms with Crippen molar-refractivity contribution < 1.29 is 23.5 Å². The molecule has 3 rings (SSSR count). The summed E-state index contributed by atoms with van der Waals surface area (Å²) in [7, 11) is 1.37. The molecule has 0 amide bonds. The highest BCUT2D eigenvalue weighted by Crippen LogP contribution is 2.38. The van der Waals surface area contributed by atoms with E-state index in [2.05, 4.69) is 4.57 Å². The van der Waals surface area contributed by atoms with Crippen LogP contribution in [0.5, 0.6) is 5.75 Å². The van der Waals surface area contributed by atoms with Crippen molar-refractivity contribution in [1.82, 2.24) is 4.57 Å². The van der Waals surface area contributed by atoms with Gasteiger partial charge in [0, 0.05) is 23.0 Å². The summed E-state index contributed by atoms with van der Waals surface area (Å²) in [5.41, 5.74) is 3.03. The van der Waals surface area contributed by atoms with Gasteiger partial charge < -0.3 is 14.0 Å². The van der Waals surface area contributed by atoms with Crippen molar-refractivity contribution in [1.29, 1.82) is 0 Å². The lowest BCUT2D eigenvalue weighted by Crippen LogP contribution is -2.16. The first-order valence-electron chi connectivity index (χ1n) is 8.60. The second-order valence-electron chi connectivity index (χ2n) is 6.62. The molecule has 138 valence electrons. The average Bonchev–Trinajstić information content (AvgIpc) is 3.38. The van der Waals surface area contributed by atoms with Crippen molar-refractivity contribution in [3.05, 3.63) is 52.6 Å². The molecule has 1 aromatic carbocycles. The number of halogens is 1. The molecule has 1 heterocycles. The first kappa shape index (κ1) is 18.2. The molecule has 0 saturated heterocycles. The third-order valence-electron chi connectivity index (χ3n) is 4.63. The number of aromatic nitrogens is 1. The zero-order chi connectivity index (χ0) is 18.8. The normalized spacial score (nSPS) is 13.5. The number of nitrogens with zero attached hydrogens (tertiary/aromatic N) is 1. The van der Waals surface area contributed by atoms with E-state index in [1.165, 1.54) is 19.2 Å². The minimum atomic E-state index is -0.570. The Bertz CT molecular complexity index is 852. The van der Waals surface area contributed by atoms with Crippen LogP contribution in [0.25, 0.3) is 0 Å². The average molecular weight is 359 g/mol. The summed E-state index contributed by atoms with van der Waals surface area (Å²) in [6, 6.07) is 6.61. The minimum Gasteiger partial charge on any atom is -0.494 e. The molecular formula is C20H22FNO4. The molecule has 1 saturated carbocycles. The summed E-state index contributed by atoms with van der Waals surface area (Å²) in [6.45, 7) is 3.58. The Labute approximate surface area is 151 Å². The predicted octanol–water partition coefficient (Wildman–Crippen LogP) is 3.56. The number of rotatable bonds is 7. The van der Waals surface area contributed by atoms with Crippen LogP contribution in [0.1, 0.15) is 46.2 Å². The molecule has 0 spiro atoms. The van der Waals surface area contributed by atoms with Gasteiger partial charge in [0.1, 0.15) is 0 Å². The Morgan fingerprint density at radius 3 is 2.58 bits per heavy atom. The molecule has 1 fully saturated rings. The van der Waals surface area contributed by atoms with Gasteiger partial charge in [-0.1, -0.05) is 6.07 Å². The number of ether oxygens (including phenoxy) is 2. The van der Waals surface area contributed by atoms with Gasteiger partial charge in [0.2, 0.25) is 5.78 Å². The van der Waals surface area contributed by atoms with Crippen molar-refractivity contribution in [2.75, 3.05) is 13.7 Å². The minimum absolute atomic E-state index is 0.102. The fraction of sp³-hybridized carbons (Fsp3) is 0.400. The Kier molecular flexibility index (Phi) is 5.11. The van der Waals surface area contributed by atoms with Gasteiger partial charge >= 0.3 is 5.97 Å². The van der Waals surface area contributed by atoms with Crippen LogP contribution in [-0.4, -0.2) is 30.0 Å². The van der Waals surface area contributed by atoms with E-state index in [1.807, 2.05) is 19.9 Å². The summed E-state index contributed by atoms with van der Waals surface area (Å²) >= 11 is 0. The SMILES string of the molecule is COc1ccc(CC(=O)OCC(=O)c2cc(C)n(C3CC3)c2C)cc1F. The fourth-order valence-corrected chi connectivity index (χ4v) is 3.22. The van der Waals surface area contributed by atoms with Gasteiger partial charge in [-0.3, -0.25) is 9.59 Å². The van der Waals surface area contributed by atoms with Crippen molar-refractivity contribution in [3.63, 3.8) is 0 Å². The number of carbonyl (C=O) groups excluding carboxylic acids is 2. The van der Waals surface area contributed by atoms with Gasteiger partial charge in [0.25, 0.3) is 0 Å². The van der Waals surface area contributed by atoms with Crippen LogP contribution in [-0.2, 0) is 16.0 Å². The number of hydrogen-bond donors (Lipinski definition) is 0. The zero-order valence-corrected chi connectivity index (χ0v) is 15.2. The number of methoxy groups -OCH3 is 1. The van der Waals surface area contributed by atoms with E-state index in [0.29, 0.717) is 17.2 Å². The van der Waals surface area contributed by atoms with Crippen LogP contribution < -0.4 is 4.74 Å². The Morgan fingerprint density at radius 2 is 1.96 bits per heavy atom.